The van der Waals surface area contributed by atoms with Crippen molar-refractivity contribution in [2.75, 3.05) is 0 Å². The molecule has 1 aliphatic rings. The summed E-state index contributed by atoms with van der Waals surface area (Å²) in [7, 11) is 0. The van der Waals surface area contributed by atoms with Gasteiger partial charge in [0.1, 0.15) is 0 Å². The molecule has 1 unspecified atom stereocenters. The lowest BCUT2D eigenvalue weighted by molar-refractivity contribution is -0.124. The second-order valence-corrected chi connectivity index (χ2v) is 6.05. The van der Waals surface area contributed by atoms with Crippen molar-refractivity contribution >= 4 is 5.91 Å². The molecule has 1 heterocycles. The third-order valence-corrected chi connectivity index (χ3v) is 4.15. The minimum absolute atomic E-state index is 0.0692. The fourth-order valence-corrected chi connectivity index (χ4v) is 2.81. The molecule has 110 valence electrons. The van der Waals surface area contributed by atoms with Crippen LogP contribution in [0.3, 0.4) is 0 Å². The quantitative estimate of drug-likeness (QED) is 0.916. The highest BCUT2D eigenvalue weighted by Crippen LogP contribution is 2.48. The summed E-state index contributed by atoms with van der Waals surface area (Å²) in [6.45, 7) is 4.78. The van der Waals surface area contributed by atoms with Gasteiger partial charge < -0.3 is 5.32 Å². The van der Waals surface area contributed by atoms with Crippen LogP contribution in [0.4, 0.5) is 0 Å². The minimum atomic E-state index is -0.301. The van der Waals surface area contributed by atoms with Crippen molar-refractivity contribution in [3.63, 3.8) is 0 Å². The van der Waals surface area contributed by atoms with Crippen LogP contribution >= 0.6 is 0 Å². The van der Waals surface area contributed by atoms with Gasteiger partial charge in [-0.1, -0.05) is 29.8 Å². The predicted molar refractivity (Wildman–Crippen MR) is 81.9 cm³/mol. The van der Waals surface area contributed by atoms with Crippen molar-refractivity contribution < 1.29 is 4.79 Å². The van der Waals surface area contributed by atoms with Crippen LogP contribution in [-0.4, -0.2) is 21.7 Å². The first-order valence-corrected chi connectivity index (χ1v) is 7.46. The highest BCUT2D eigenvalue weighted by Gasteiger charge is 2.51. The van der Waals surface area contributed by atoms with E-state index in [2.05, 4.69) is 35.5 Å². The van der Waals surface area contributed by atoms with Crippen LogP contribution in [0.1, 0.15) is 30.9 Å². The number of hydrogen-bond donors (Lipinski definition) is 1. The molecule has 1 saturated carbocycles. The van der Waals surface area contributed by atoms with Gasteiger partial charge in [-0.15, -0.1) is 0 Å². The first kappa shape index (κ1) is 13.9. The second-order valence-electron chi connectivity index (χ2n) is 6.05. The van der Waals surface area contributed by atoms with Crippen LogP contribution in [-0.2, 0) is 16.8 Å². The highest BCUT2D eigenvalue weighted by atomic mass is 16.2. The topological polar surface area (TPSA) is 46.9 Å². The normalized spacial score (nSPS) is 17.2. The SMILES string of the molecule is Cc1cccc(C2(C(=O)NC(C)Cn3cccn3)CC2)c1. The molecule has 4 heteroatoms. The Morgan fingerprint density at radius 2 is 2.24 bits per heavy atom. The summed E-state index contributed by atoms with van der Waals surface area (Å²) in [4.78, 5) is 12.6. The van der Waals surface area contributed by atoms with E-state index in [1.54, 1.807) is 6.20 Å². The van der Waals surface area contributed by atoms with Gasteiger partial charge in [-0.25, -0.2) is 0 Å². The Labute approximate surface area is 125 Å². The van der Waals surface area contributed by atoms with Crippen molar-refractivity contribution in [2.24, 2.45) is 0 Å². The smallest absolute Gasteiger partial charge is 0.230 e. The lowest BCUT2D eigenvalue weighted by Gasteiger charge is -2.20. The van der Waals surface area contributed by atoms with Crippen molar-refractivity contribution in [2.45, 2.75) is 44.7 Å². The minimum Gasteiger partial charge on any atom is -0.351 e. The average molecular weight is 283 g/mol. The van der Waals surface area contributed by atoms with E-state index in [4.69, 9.17) is 0 Å². The zero-order valence-electron chi connectivity index (χ0n) is 12.5. The van der Waals surface area contributed by atoms with Gasteiger partial charge >= 0.3 is 0 Å². The summed E-state index contributed by atoms with van der Waals surface area (Å²) in [5.41, 5.74) is 2.05. The standard InChI is InChI=1S/C17H21N3O/c1-13-5-3-6-15(11-13)17(7-8-17)16(21)19-14(2)12-20-10-4-9-18-20/h3-6,9-11,14H,7-8,12H2,1-2H3,(H,19,21). The molecular weight excluding hydrogens is 262 g/mol. The molecule has 0 radical (unpaired) electrons. The fourth-order valence-electron chi connectivity index (χ4n) is 2.81. The molecule has 2 aromatic rings. The van der Waals surface area contributed by atoms with Gasteiger partial charge in [-0.2, -0.15) is 5.10 Å². The van der Waals surface area contributed by atoms with Crippen LogP contribution in [0.2, 0.25) is 0 Å². The number of aromatic nitrogens is 2. The molecule has 21 heavy (non-hydrogen) atoms. The van der Waals surface area contributed by atoms with E-state index in [0.717, 1.165) is 18.4 Å². The van der Waals surface area contributed by atoms with Crippen LogP contribution in [0, 0.1) is 6.92 Å². The Bertz CT molecular complexity index is 629. The van der Waals surface area contributed by atoms with Gasteiger partial charge in [0.15, 0.2) is 0 Å². The van der Waals surface area contributed by atoms with E-state index in [9.17, 15) is 4.79 Å². The summed E-state index contributed by atoms with van der Waals surface area (Å²) >= 11 is 0. The van der Waals surface area contributed by atoms with Gasteiger partial charge in [-0.05, 0) is 38.3 Å². The summed E-state index contributed by atoms with van der Waals surface area (Å²) in [5.74, 6) is 0.146. The lowest BCUT2D eigenvalue weighted by atomic mass is 9.93. The third-order valence-electron chi connectivity index (χ3n) is 4.15. The van der Waals surface area contributed by atoms with Crippen LogP contribution in [0.25, 0.3) is 0 Å². The van der Waals surface area contributed by atoms with Crippen LogP contribution < -0.4 is 5.32 Å². The molecule has 1 aliphatic carbocycles. The Morgan fingerprint density at radius 3 is 2.86 bits per heavy atom. The number of carbonyl (C=O) groups is 1. The van der Waals surface area contributed by atoms with Gasteiger partial charge in [-0.3, -0.25) is 9.48 Å². The number of nitrogens with zero attached hydrogens (tertiary/aromatic N) is 2. The van der Waals surface area contributed by atoms with E-state index in [0.29, 0.717) is 6.54 Å². The van der Waals surface area contributed by atoms with E-state index < -0.39 is 0 Å². The molecule has 1 amide bonds. The van der Waals surface area contributed by atoms with E-state index in [-0.39, 0.29) is 17.4 Å². The van der Waals surface area contributed by atoms with Crippen LogP contribution in [0.5, 0.6) is 0 Å². The lowest BCUT2D eigenvalue weighted by Crippen LogP contribution is -2.42. The molecule has 0 aliphatic heterocycles. The number of carbonyl (C=O) groups excluding carboxylic acids is 1. The molecule has 0 spiro atoms. The number of aryl methyl sites for hydroxylation is 1. The molecule has 1 N–H and O–H groups in total. The van der Waals surface area contributed by atoms with Crippen molar-refractivity contribution in [1.82, 2.24) is 15.1 Å². The van der Waals surface area contributed by atoms with Gasteiger partial charge in [0.05, 0.1) is 12.0 Å². The van der Waals surface area contributed by atoms with Gasteiger partial charge in [0, 0.05) is 18.4 Å². The molecule has 4 nitrogen and oxygen atoms in total. The molecule has 1 aromatic heterocycles. The first-order valence-electron chi connectivity index (χ1n) is 7.46. The monoisotopic (exact) mass is 283 g/mol. The summed E-state index contributed by atoms with van der Waals surface area (Å²) < 4.78 is 1.84. The maximum absolute atomic E-state index is 12.6. The average Bonchev–Trinajstić information content (AvgIpc) is 3.12. The number of hydrogen-bond acceptors (Lipinski definition) is 2. The third kappa shape index (κ3) is 2.84. The molecular formula is C17H21N3O. The Kier molecular flexibility index (Phi) is 3.53. The number of nitrogens with one attached hydrogen (secondary N) is 1. The number of benzene rings is 1. The van der Waals surface area contributed by atoms with Crippen molar-refractivity contribution in [1.29, 1.82) is 0 Å². The summed E-state index contributed by atoms with van der Waals surface area (Å²) in [6.07, 6.45) is 5.55. The Morgan fingerprint density at radius 1 is 1.43 bits per heavy atom. The second kappa shape index (κ2) is 5.35. The van der Waals surface area contributed by atoms with Gasteiger partial charge in [0.2, 0.25) is 5.91 Å². The van der Waals surface area contributed by atoms with Crippen molar-refractivity contribution in [3.8, 4) is 0 Å². The molecule has 1 fully saturated rings. The number of rotatable bonds is 5. The zero-order chi connectivity index (χ0) is 14.9. The van der Waals surface area contributed by atoms with E-state index in [1.807, 2.05) is 29.9 Å². The molecule has 0 bridgehead atoms. The molecule has 1 atom stereocenters. The van der Waals surface area contributed by atoms with E-state index >= 15 is 0 Å². The summed E-state index contributed by atoms with van der Waals surface area (Å²) in [5, 5.41) is 7.32. The Hall–Kier alpha value is -2.10. The molecule has 1 aromatic carbocycles. The maximum atomic E-state index is 12.6. The molecule has 0 saturated heterocycles. The van der Waals surface area contributed by atoms with E-state index in [1.165, 1.54) is 5.56 Å². The van der Waals surface area contributed by atoms with Crippen LogP contribution in [0.15, 0.2) is 42.7 Å². The predicted octanol–water partition coefficient (Wildman–Crippen LogP) is 2.43. The highest BCUT2D eigenvalue weighted by molar-refractivity contribution is 5.91. The first-order chi connectivity index (χ1) is 10.1. The fraction of sp³-hybridized carbons (Fsp3) is 0.412. The largest absolute Gasteiger partial charge is 0.351 e. The van der Waals surface area contributed by atoms with Gasteiger partial charge in [0.25, 0.3) is 0 Å². The molecule has 3 rings (SSSR count). The zero-order valence-corrected chi connectivity index (χ0v) is 12.5. The maximum Gasteiger partial charge on any atom is 0.230 e. The van der Waals surface area contributed by atoms with Crippen molar-refractivity contribution in [3.05, 3.63) is 53.9 Å². The Balaban J connectivity index is 1.67. The number of amides is 1. The summed E-state index contributed by atoms with van der Waals surface area (Å²) in [6, 6.07) is 10.3.